The zero-order chi connectivity index (χ0) is 24.5. The van der Waals surface area contributed by atoms with Gasteiger partial charge in [-0.1, -0.05) is 42.7 Å². The van der Waals surface area contributed by atoms with Crippen molar-refractivity contribution in [2.24, 2.45) is 0 Å². The number of nitrogens with zero attached hydrogens (tertiary/aromatic N) is 1. The summed E-state index contributed by atoms with van der Waals surface area (Å²) in [5.74, 6) is -0.691. The van der Waals surface area contributed by atoms with Crippen LogP contribution in [0.4, 0.5) is 5.69 Å². The number of hydrogen-bond donors (Lipinski definition) is 0. The van der Waals surface area contributed by atoms with Gasteiger partial charge in [-0.2, -0.15) is 0 Å². The number of fused-ring (bicyclic) bond motifs is 1. The Kier molecular flexibility index (Phi) is 7.60. The van der Waals surface area contributed by atoms with Crippen molar-refractivity contribution < 1.29 is 28.6 Å². The van der Waals surface area contributed by atoms with E-state index in [0.29, 0.717) is 39.0 Å². The molecule has 176 valence electrons. The average molecular weight is 508 g/mol. The van der Waals surface area contributed by atoms with E-state index in [1.807, 2.05) is 32.9 Å². The summed E-state index contributed by atoms with van der Waals surface area (Å²) < 4.78 is 15.8. The zero-order valence-electron chi connectivity index (χ0n) is 19.3. The number of benzene rings is 1. The Bertz CT molecular complexity index is 1080. The van der Waals surface area contributed by atoms with Gasteiger partial charge in [-0.05, 0) is 32.4 Å². The molecule has 0 N–H and O–H groups in total. The minimum Gasteiger partial charge on any atom is -0.497 e. The van der Waals surface area contributed by atoms with Gasteiger partial charge in [-0.25, -0.2) is 9.59 Å². The van der Waals surface area contributed by atoms with E-state index >= 15 is 0 Å². The van der Waals surface area contributed by atoms with Crippen LogP contribution in [0.2, 0.25) is 0 Å². The molecule has 2 heterocycles. The number of anilines is 1. The third-order valence-electron chi connectivity index (χ3n) is 5.31. The number of rotatable bonds is 5. The first-order chi connectivity index (χ1) is 15.6. The number of ether oxygens (including phenoxy) is 3. The first-order valence-electron chi connectivity index (χ1n) is 10.2. The van der Waals surface area contributed by atoms with Crippen LogP contribution in [-0.4, -0.2) is 49.6 Å². The molecule has 0 saturated carbocycles. The van der Waals surface area contributed by atoms with Crippen LogP contribution in [-0.2, 0) is 23.9 Å². The lowest BCUT2D eigenvalue weighted by Crippen LogP contribution is -2.55. The summed E-state index contributed by atoms with van der Waals surface area (Å²) in [6, 6.07) is 5.45. The second-order valence-electron chi connectivity index (χ2n) is 7.76. The molecule has 0 fully saturated rings. The number of carbonyl (C=O) groups is 3. The largest absolute Gasteiger partial charge is 0.497 e. The number of hydrogen-bond acceptors (Lipinski definition) is 9. The van der Waals surface area contributed by atoms with E-state index < -0.39 is 17.5 Å². The predicted molar refractivity (Wildman–Crippen MR) is 135 cm³/mol. The SMILES string of the molecule is CCCC(=O)N1c2cc(OC)ccc2C(=C2SC(C(=O)OC)=C(C(=O)OC)S2)C(=S)C1(C)C. The van der Waals surface area contributed by atoms with Crippen LogP contribution in [0, 0.1) is 0 Å². The summed E-state index contributed by atoms with van der Waals surface area (Å²) in [6.45, 7) is 5.74. The smallest absolute Gasteiger partial charge is 0.346 e. The minimum atomic E-state index is -0.830. The Labute approximate surface area is 206 Å². The Balaban J connectivity index is 2.25. The van der Waals surface area contributed by atoms with Gasteiger partial charge in [0.2, 0.25) is 5.91 Å². The van der Waals surface area contributed by atoms with Gasteiger partial charge in [-0.15, -0.1) is 0 Å². The molecule has 1 amide bonds. The van der Waals surface area contributed by atoms with Gasteiger partial charge in [-0.3, -0.25) is 4.79 Å². The van der Waals surface area contributed by atoms with Crippen LogP contribution < -0.4 is 9.64 Å². The molecule has 0 radical (unpaired) electrons. The molecule has 3 rings (SSSR count). The van der Waals surface area contributed by atoms with E-state index in [4.69, 9.17) is 26.4 Å². The maximum absolute atomic E-state index is 13.2. The van der Waals surface area contributed by atoms with Gasteiger partial charge in [0.1, 0.15) is 15.6 Å². The molecule has 0 bridgehead atoms. The van der Waals surface area contributed by atoms with Crippen LogP contribution in [0.1, 0.15) is 39.2 Å². The Morgan fingerprint density at radius 2 is 1.61 bits per heavy atom. The summed E-state index contributed by atoms with van der Waals surface area (Å²) >= 11 is 8.17. The molecular weight excluding hydrogens is 482 g/mol. The van der Waals surface area contributed by atoms with Crippen molar-refractivity contribution in [3.63, 3.8) is 0 Å². The van der Waals surface area contributed by atoms with E-state index in [1.165, 1.54) is 14.2 Å². The monoisotopic (exact) mass is 507 g/mol. The van der Waals surface area contributed by atoms with Gasteiger partial charge in [0.05, 0.1) is 41.7 Å². The minimum absolute atomic E-state index is 0.0428. The summed E-state index contributed by atoms with van der Waals surface area (Å²) in [4.78, 5) is 40.5. The number of amides is 1. The van der Waals surface area contributed by atoms with Crippen molar-refractivity contribution in [3.05, 3.63) is 37.8 Å². The van der Waals surface area contributed by atoms with E-state index in [-0.39, 0.29) is 15.7 Å². The van der Waals surface area contributed by atoms with E-state index in [9.17, 15) is 14.4 Å². The van der Waals surface area contributed by atoms with Crippen molar-refractivity contribution in [3.8, 4) is 5.75 Å². The topological polar surface area (TPSA) is 82.1 Å². The second kappa shape index (κ2) is 9.90. The standard InChI is InChI=1S/C23H25NO6S3/c1-7-8-15(25)24-14-11-12(28-4)9-10-13(14)16(19(31)23(24,2)3)22-32-17(20(26)29-5)18(33-22)21(27)30-6/h9-11H,7-8H2,1-6H3. The quantitative estimate of drug-likeness (QED) is 0.320. The zero-order valence-corrected chi connectivity index (χ0v) is 21.7. The molecule has 0 saturated heterocycles. The summed E-state index contributed by atoms with van der Waals surface area (Å²) in [6.07, 6.45) is 1.07. The van der Waals surface area contributed by atoms with Gasteiger partial charge in [0, 0.05) is 23.6 Å². The normalized spacial score (nSPS) is 17.2. The molecule has 0 aliphatic carbocycles. The van der Waals surface area contributed by atoms with E-state index in [0.717, 1.165) is 29.1 Å². The Morgan fingerprint density at radius 3 is 2.09 bits per heavy atom. The van der Waals surface area contributed by atoms with E-state index in [1.54, 1.807) is 18.1 Å². The Morgan fingerprint density at radius 1 is 1.03 bits per heavy atom. The second-order valence-corrected chi connectivity index (χ2v) is 10.5. The molecule has 0 atom stereocenters. The summed E-state index contributed by atoms with van der Waals surface area (Å²) in [5.41, 5.74) is 1.27. The highest BCUT2D eigenvalue weighted by Crippen LogP contribution is 2.56. The van der Waals surface area contributed by atoms with Gasteiger partial charge < -0.3 is 19.1 Å². The maximum Gasteiger partial charge on any atom is 0.346 e. The molecule has 10 heteroatoms. The molecular formula is C23H25NO6S3. The highest BCUT2D eigenvalue weighted by atomic mass is 32.2. The Hall–Kier alpha value is -2.30. The van der Waals surface area contributed by atoms with Gasteiger partial charge in [0.25, 0.3) is 0 Å². The number of thiocarbonyl (C=S) groups is 1. The van der Waals surface area contributed by atoms with Crippen molar-refractivity contribution in [2.75, 3.05) is 26.2 Å². The highest BCUT2D eigenvalue weighted by molar-refractivity contribution is 8.29. The fourth-order valence-corrected chi connectivity index (χ4v) is 6.73. The third kappa shape index (κ3) is 4.43. The number of carbonyl (C=O) groups excluding carboxylic acids is 3. The molecule has 33 heavy (non-hydrogen) atoms. The lowest BCUT2D eigenvalue weighted by molar-refractivity contribution is -0.138. The lowest BCUT2D eigenvalue weighted by atomic mass is 9.83. The summed E-state index contributed by atoms with van der Waals surface area (Å²) in [5, 5.41) is 0. The molecule has 2 aliphatic heterocycles. The van der Waals surface area contributed by atoms with Crippen LogP contribution in [0.3, 0.4) is 0 Å². The molecule has 0 aromatic heterocycles. The average Bonchev–Trinajstić information content (AvgIpc) is 3.23. The number of thioether (sulfide) groups is 2. The maximum atomic E-state index is 13.2. The molecule has 1 aromatic rings. The number of esters is 2. The van der Waals surface area contributed by atoms with Gasteiger partial charge >= 0.3 is 11.9 Å². The molecule has 1 aromatic carbocycles. The number of methoxy groups -OCH3 is 3. The van der Waals surface area contributed by atoms with E-state index in [2.05, 4.69) is 0 Å². The van der Waals surface area contributed by atoms with Crippen LogP contribution >= 0.6 is 35.7 Å². The predicted octanol–water partition coefficient (Wildman–Crippen LogP) is 4.70. The first kappa shape index (κ1) is 25.3. The van der Waals surface area contributed by atoms with Crippen molar-refractivity contribution in [2.45, 2.75) is 39.2 Å². The van der Waals surface area contributed by atoms with Crippen LogP contribution in [0.15, 0.2) is 32.2 Å². The molecule has 7 nitrogen and oxygen atoms in total. The molecule has 0 unspecified atom stereocenters. The van der Waals surface area contributed by atoms with Gasteiger partial charge in [0.15, 0.2) is 0 Å². The van der Waals surface area contributed by atoms with Crippen LogP contribution in [0.25, 0.3) is 5.57 Å². The summed E-state index contributed by atoms with van der Waals surface area (Å²) in [7, 11) is 4.08. The fraction of sp³-hybridized carbons (Fsp3) is 0.391. The highest BCUT2D eigenvalue weighted by Gasteiger charge is 2.46. The first-order valence-corrected chi connectivity index (χ1v) is 12.2. The van der Waals surface area contributed by atoms with Crippen molar-refractivity contribution in [1.82, 2.24) is 0 Å². The lowest BCUT2D eigenvalue weighted by Gasteiger charge is -2.45. The fourth-order valence-electron chi connectivity index (χ4n) is 3.70. The molecule has 2 aliphatic rings. The molecule has 0 spiro atoms. The van der Waals surface area contributed by atoms with Crippen molar-refractivity contribution >= 4 is 69.7 Å². The third-order valence-corrected chi connectivity index (χ3v) is 8.57. The van der Waals surface area contributed by atoms with Crippen LogP contribution in [0.5, 0.6) is 5.75 Å². The van der Waals surface area contributed by atoms with Crippen molar-refractivity contribution in [1.29, 1.82) is 0 Å².